The molecule has 0 radical (unpaired) electrons. The molecule has 0 atom stereocenters. The second kappa shape index (κ2) is 9.34. The van der Waals surface area contributed by atoms with E-state index in [1.165, 1.54) is 37.4 Å². The number of carbonyl (C=O) groups is 2. The largest absolute Gasteiger partial charge is 0.495 e. The van der Waals surface area contributed by atoms with E-state index in [-0.39, 0.29) is 29.4 Å². The van der Waals surface area contributed by atoms with Gasteiger partial charge in [-0.3, -0.25) is 4.79 Å². The lowest BCUT2D eigenvalue weighted by molar-refractivity contribution is 0.0526. The third-order valence-electron chi connectivity index (χ3n) is 3.70. The van der Waals surface area contributed by atoms with Crippen molar-refractivity contribution < 1.29 is 27.5 Å². The first-order chi connectivity index (χ1) is 13.3. The average molecular weight is 406 g/mol. The number of hydrogen-bond acceptors (Lipinski definition) is 6. The predicted molar refractivity (Wildman–Crippen MR) is 104 cm³/mol. The van der Waals surface area contributed by atoms with Gasteiger partial charge < -0.3 is 14.8 Å². The molecule has 0 saturated carbocycles. The third kappa shape index (κ3) is 5.08. The summed E-state index contributed by atoms with van der Waals surface area (Å²) in [4.78, 5) is 24.1. The number of nitrogens with one attached hydrogen (secondary N) is 2. The van der Waals surface area contributed by atoms with Crippen molar-refractivity contribution in [2.24, 2.45) is 0 Å². The normalized spacial score (nSPS) is 11.0. The van der Waals surface area contributed by atoms with E-state index in [9.17, 15) is 18.0 Å². The molecule has 0 aliphatic heterocycles. The molecule has 0 spiro atoms. The zero-order chi connectivity index (χ0) is 20.7. The van der Waals surface area contributed by atoms with Gasteiger partial charge in [-0.15, -0.1) is 0 Å². The second-order valence-corrected chi connectivity index (χ2v) is 7.35. The Kier molecular flexibility index (Phi) is 7.13. The highest BCUT2D eigenvalue weighted by molar-refractivity contribution is 7.89. The Morgan fingerprint density at radius 1 is 1.00 bits per heavy atom. The van der Waals surface area contributed by atoms with E-state index >= 15 is 0 Å². The van der Waals surface area contributed by atoms with E-state index in [1.807, 2.05) is 0 Å². The summed E-state index contributed by atoms with van der Waals surface area (Å²) in [6, 6.07) is 10.3. The molecule has 0 saturated heterocycles. The summed E-state index contributed by atoms with van der Waals surface area (Å²) < 4.78 is 37.0. The lowest BCUT2D eigenvalue weighted by atomic mass is 10.1. The molecule has 8 nitrogen and oxygen atoms in total. The van der Waals surface area contributed by atoms with Crippen LogP contribution in [0.25, 0.3) is 0 Å². The fraction of sp³-hybridized carbons (Fsp3) is 0.263. The molecule has 0 aliphatic carbocycles. The van der Waals surface area contributed by atoms with E-state index in [1.54, 1.807) is 26.0 Å². The number of sulfonamides is 1. The topological polar surface area (TPSA) is 111 Å². The third-order valence-corrected chi connectivity index (χ3v) is 5.27. The van der Waals surface area contributed by atoms with Crippen LogP contribution >= 0.6 is 0 Å². The highest BCUT2D eigenvalue weighted by Crippen LogP contribution is 2.25. The van der Waals surface area contributed by atoms with Crippen LogP contribution in [0.5, 0.6) is 5.75 Å². The highest BCUT2D eigenvalue weighted by Gasteiger charge is 2.21. The molecule has 0 aliphatic rings. The van der Waals surface area contributed by atoms with E-state index in [0.29, 0.717) is 11.3 Å². The van der Waals surface area contributed by atoms with Crippen molar-refractivity contribution in [1.82, 2.24) is 4.72 Å². The summed E-state index contributed by atoms with van der Waals surface area (Å²) >= 11 is 0. The molecule has 2 N–H and O–H groups in total. The molecular weight excluding hydrogens is 384 g/mol. The SMILES string of the molecule is CCNS(=O)(=O)c1cc(C(=O)Nc2ccc(C(=O)OCC)cc2)ccc1OC. The molecule has 1 amide bonds. The van der Waals surface area contributed by atoms with Crippen molar-refractivity contribution in [2.45, 2.75) is 18.7 Å². The minimum Gasteiger partial charge on any atom is -0.495 e. The van der Waals surface area contributed by atoms with Crippen LogP contribution in [0.4, 0.5) is 5.69 Å². The van der Waals surface area contributed by atoms with Gasteiger partial charge >= 0.3 is 5.97 Å². The maximum absolute atomic E-state index is 12.5. The Labute approximate surface area is 163 Å². The average Bonchev–Trinajstić information content (AvgIpc) is 2.68. The predicted octanol–water partition coefficient (Wildman–Crippen LogP) is 2.42. The first-order valence-electron chi connectivity index (χ1n) is 8.58. The number of anilines is 1. The van der Waals surface area contributed by atoms with E-state index in [2.05, 4.69) is 10.0 Å². The fourth-order valence-electron chi connectivity index (χ4n) is 2.40. The van der Waals surface area contributed by atoms with Crippen LogP contribution in [0.3, 0.4) is 0 Å². The molecule has 9 heteroatoms. The van der Waals surface area contributed by atoms with Crippen molar-refractivity contribution in [3.05, 3.63) is 53.6 Å². The van der Waals surface area contributed by atoms with Crippen molar-refractivity contribution in [1.29, 1.82) is 0 Å². The van der Waals surface area contributed by atoms with Crippen molar-refractivity contribution in [3.8, 4) is 5.75 Å². The summed E-state index contributed by atoms with van der Waals surface area (Å²) in [5.74, 6) is -0.815. The minimum atomic E-state index is -3.81. The zero-order valence-electron chi connectivity index (χ0n) is 15.8. The second-order valence-electron chi connectivity index (χ2n) is 5.62. The van der Waals surface area contributed by atoms with Crippen molar-refractivity contribution in [3.63, 3.8) is 0 Å². The lowest BCUT2D eigenvalue weighted by Crippen LogP contribution is -2.24. The van der Waals surface area contributed by atoms with Crippen LogP contribution in [0.15, 0.2) is 47.4 Å². The Balaban J connectivity index is 2.24. The number of benzene rings is 2. The molecule has 2 aromatic rings. The van der Waals surface area contributed by atoms with Crippen LogP contribution in [0.1, 0.15) is 34.6 Å². The van der Waals surface area contributed by atoms with Crippen molar-refractivity contribution in [2.75, 3.05) is 25.6 Å². The van der Waals surface area contributed by atoms with Gasteiger partial charge in [0, 0.05) is 17.8 Å². The Bertz CT molecular complexity index is 955. The van der Waals surface area contributed by atoms with Gasteiger partial charge in [0.05, 0.1) is 19.3 Å². The van der Waals surface area contributed by atoms with Gasteiger partial charge in [0.15, 0.2) is 0 Å². The summed E-state index contributed by atoms with van der Waals surface area (Å²) in [7, 11) is -2.46. The molecule has 0 aromatic heterocycles. The van der Waals surface area contributed by atoms with Crippen LogP contribution in [-0.4, -0.2) is 40.6 Å². The lowest BCUT2D eigenvalue weighted by Gasteiger charge is -2.12. The number of rotatable bonds is 8. The number of hydrogen-bond donors (Lipinski definition) is 2. The Hall–Kier alpha value is -2.91. The van der Waals surface area contributed by atoms with E-state index < -0.39 is 21.9 Å². The molecule has 2 rings (SSSR count). The smallest absolute Gasteiger partial charge is 0.338 e. The number of ether oxygens (including phenoxy) is 2. The van der Waals surface area contributed by atoms with Gasteiger partial charge in [-0.1, -0.05) is 6.92 Å². The monoisotopic (exact) mass is 406 g/mol. The number of amides is 1. The van der Waals surface area contributed by atoms with Gasteiger partial charge in [0.1, 0.15) is 10.6 Å². The van der Waals surface area contributed by atoms with Gasteiger partial charge in [-0.25, -0.2) is 17.9 Å². The summed E-state index contributed by atoms with van der Waals surface area (Å²) in [6.45, 7) is 3.84. The van der Waals surface area contributed by atoms with E-state index in [0.717, 1.165) is 0 Å². The van der Waals surface area contributed by atoms with Crippen LogP contribution in [0, 0.1) is 0 Å². The first-order valence-corrected chi connectivity index (χ1v) is 10.1. The molecule has 2 aromatic carbocycles. The minimum absolute atomic E-state index is 0.123. The number of methoxy groups -OCH3 is 1. The number of esters is 1. The van der Waals surface area contributed by atoms with Crippen molar-refractivity contribution >= 4 is 27.6 Å². The van der Waals surface area contributed by atoms with Gasteiger partial charge in [0.25, 0.3) is 5.91 Å². The molecule has 0 bridgehead atoms. The fourth-order valence-corrected chi connectivity index (χ4v) is 3.64. The Morgan fingerprint density at radius 2 is 1.64 bits per heavy atom. The quantitative estimate of drug-likeness (QED) is 0.652. The first kappa shape index (κ1) is 21.4. The number of carbonyl (C=O) groups excluding carboxylic acids is 2. The summed E-state index contributed by atoms with van der Waals surface area (Å²) in [5.41, 5.74) is 0.958. The summed E-state index contributed by atoms with van der Waals surface area (Å²) in [6.07, 6.45) is 0. The highest BCUT2D eigenvalue weighted by atomic mass is 32.2. The Morgan fingerprint density at radius 3 is 2.21 bits per heavy atom. The van der Waals surface area contributed by atoms with Crippen LogP contribution in [0.2, 0.25) is 0 Å². The molecule has 28 heavy (non-hydrogen) atoms. The molecular formula is C19H22N2O6S. The maximum atomic E-state index is 12.5. The zero-order valence-corrected chi connectivity index (χ0v) is 16.6. The summed E-state index contributed by atoms with van der Waals surface area (Å²) in [5, 5.41) is 2.66. The van der Waals surface area contributed by atoms with Crippen LogP contribution < -0.4 is 14.8 Å². The standard InChI is InChI=1S/C19H22N2O6S/c1-4-20-28(24,25)17-12-14(8-11-16(17)26-3)18(22)21-15-9-6-13(7-10-15)19(23)27-5-2/h6-12,20H,4-5H2,1-3H3,(H,21,22). The van der Waals surface area contributed by atoms with Gasteiger partial charge in [-0.05, 0) is 49.4 Å². The van der Waals surface area contributed by atoms with E-state index in [4.69, 9.17) is 9.47 Å². The van der Waals surface area contributed by atoms with Gasteiger partial charge in [-0.2, -0.15) is 0 Å². The molecule has 0 heterocycles. The molecule has 150 valence electrons. The molecule has 0 fully saturated rings. The van der Waals surface area contributed by atoms with Crippen LogP contribution in [-0.2, 0) is 14.8 Å². The molecule has 0 unspecified atom stereocenters. The van der Waals surface area contributed by atoms with Gasteiger partial charge in [0.2, 0.25) is 10.0 Å². The maximum Gasteiger partial charge on any atom is 0.338 e.